The molecule has 0 fully saturated rings. The zero-order valence-electron chi connectivity index (χ0n) is 11.5. The average molecular weight is 316 g/mol. The Hall–Kier alpha value is -0.740. The van der Waals surface area contributed by atoms with Crippen LogP contribution in [0.1, 0.15) is 37.3 Å². The number of hydrogen-bond acceptors (Lipinski definition) is 3. The predicted molar refractivity (Wildman–Crippen MR) is 78.7 cm³/mol. The molecule has 1 rings (SSSR count). The van der Waals surface area contributed by atoms with Crippen molar-refractivity contribution < 1.29 is 9.47 Å². The van der Waals surface area contributed by atoms with E-state index < -0.39 is 0 Å². The molecule has 0 saturated heterocycles. The third-order valence-electron chi connectivity index (χ3n) is 3.22. The standard InChI is InChI=1S/C14H22BrNO2/c1-5-10-11(9(2)6-7-16)8-12(15)14(18-4)13(10)17-3/h8-9H,5-7,16H2,1-4H3. The molecule has 0 bridgehead atoms. The highest BCUT2D eigenvalue weighted by molar-refractivity contribution is 9.10. The van der Waals surface area contributed by atoms with E-state index in [4.69, 9.17) is 15.2 Å². The van der Waals surface area contributed by atoms with Crippen molar-refractivity contribution in [2.24, 2.45) is 5.73 Å². The molecular formula is C14H22BrNO2. The molecule has 3 nitrogen and oxygen atoms in total. The fraction of sp³-hybridized carbons (Fsp3) is 0.571. The van der Waals surface area contributed by atoms with E-state index in [0.29, 0.717) is 12.5 Å². The number of hydrogen-bond donors (Lipinski definition) is 1. The van der Waals surface area contributed by atoms with Gasteiger partial charge in [-0.05, 0) is 52.9 Å². The maximum Gasteiger partial charge on any atom is 0.175 e. The van der Waals surface area contributed by atoms with Gasteiger partial charge in [0.1, 0.15) is 0 Å². The smallest absolute Gasteiger partial charge is 0.175 e. The number of benzene rings is 1. The Kier molecular flexibility index (Phi) is 5.96. The van der Waals surface area contributed by atoms with E-state index in [1.807, 2.05) is 0 Å². The summed E-state index contributed by atoms with van der Waals surface area (Å²) in [5.41, 5.74) is 8.15. The molecule has 0 aromatic heterocycles. The van der Waals surface area contributed by atoms with Crippen molar-refractivity contribution in [3.63, 3.8) is 0 Å². The first-order chi connectivity index (χ1) is 8.60. The Morgan fingerprint density at radius 1 is 1.28 bits per heavy atom. The lowest BCUT2D eigenvalue weighted by Gasteiger charge is -2.21. The molecule has 1 unspecified atom stereocenters. The second kappa shape index (κ2) is 7.00. The Balaban J connectivity index is 3.39. The van der Waals surface area contributed by atoms with Gasteiger partial charge in [-0.15, -0.1) is 0 Å². The van der Waals surface area contributed by atoms with Crippen molar-refractivity contribution in [1.82, 2.24) is 0 Å². The van der Waals surface area contributed by atoms with Gasteiger partial charge < -0.3 is 15.2 Å². The van der Waals surface area contributed by atoms with E-state index in [0.717, 1.165) is 28.8 Å². The molecule has 0 amide bonds. The van der Waals surface area contributed by atoms with E-state index in [9.17, 15) is 0 Å². The Bertz CT molecular complexity index is 407. The van der Waals surface area contributed by atoms with Crippen molar-refractivity contribution >= 4 is 15.9 Å². The van der Waals surface area contributed by atoms with Gasteiger partial charge in [0.15, 0.2) is 11.5 Å². The number of rotatable bonds is 6. The second-order valence-electron chi connectivity index (χ2n) is 4.32. The Morgan fingerprint density at radius 3 is 2.33 bits per heavy atom. The summed E-state index contributed by atoms with van der Waals surface area (Å²) < 4.78 is 11.9. The number of nitrogens with two attached hydrogens (primary N) is 1. The summed E-state index contributed by atoms with van der Waals surface area (Å²) in [4.78, 5) is 0. The molecule has 1 atom stereocenters. The molecule has 0 saturated carbocycles. The molecule has 0 aliphatic heterocycles. The first kappa shape index (κ1) is 15.3. The predicted octanol–water partition coefficient (Wildman–Crippen LogP) is 3.48. The van der Waals surface area contributed by atoms with Gasteiger partial charge in [-0.2, -0.15) is 0 Å². The summed E-state index contributed by atoms with van der Waals surface area (Å²) in [5, 5.41) is 0. The van der Waals surface area contributed by atoms with E-state index in [2.05, 4.69) is 35.8 Å². The van der Waals surface area contributed by atoms with Crippen LogP contribution in [0.2, 0.25) is 0 Å². The highest BCUT2D eigenvalue weighted by Crippen LogP contribution is 2.42. The maximum atomic E-state index is 5.66. The molecule has 4 heteroatoms. The minimum atomic E-state index is 0.418. The van der Waals surface area contributed by atoms with Crippen LogP contribution in [-0.4, -0.2) is 20.8 Å². The molecule has 0 spiro atoms. The lowest BCUT2D eigenvalue weighted by atomic mass is 9.91. The van der Waals surface area contributed by atoms with Crippen LogP contribution in [0, 0.1) is 0 Å². The minimum Gasteiger partial charge on any atom is -0.493 e. The van der Waals surface area contributed by atoms with E-state index in [-0.39, 0.29) is 0 Å². The molecule has 0 radical (unpaired) electrons. The number of halogens is 1. The zero-order chi connectivity index (χ0) is 13.7. The number of methoxy groups -OCH3 is 2. The highest BCUT2D eigenvalue weighted by atomic mass is 79.9. The van der Waals surface area contributed by atoms with Crippen LogP contribution in [0.3, 0.4) is 0 Å². The molecule has 1 aromatic carbocycles. The molecule has 0 aliphatic carbocycles. The summed E-state index contributed by atoms with van der Waals surface area (Å²) in [6.45, 7) is 5.01. The average Bonchev–Trinajstić information content (AvgIpc) is 2.37. The molecule has 2 N–H and O–H groups in total. The lowest BCUT2D eigenvalue weighted by molar-refractivity contribution is 0.349. The summed E-state index contributed by atoms with van der Waals surface area (Å²) in [5.74, 6) is 2.01. The van der Waals surface area contributed by atoms with Crippen LogP contribution < -0.4 is 15.2 Å². The van der Waals surface area contributed by atoms with E-state index >= 15 is 0 Å². The van der Waals surface area contributed by atoms with Crippen LogP contribution in [0.15, 0.2) is 10.5 Å². The SMILES string of the molecule is CCc1c(C(C)CCN)cc(Br)c(OC)c1OC. The third-order valence-corrected chi connectivity index (χ3v) is 3.81. The fourth-order valence-electron chi connectivity index (χ4n) is 2.28. The van der Waals surface area contributed by atoms with Crippen molar-refractivity contribution in [3.8, 4) is 11.5 Å². The Morgan fingerprint density at radius 2 is 1.89 bits per heavy atom. The molecule has 18 heavy (non-hydrogen) atoms. The van der Waals surface area contributed by atoms with Crippen LogP contribution in [0.25, 0.3) is 0 Å². The van der Waals surface area contributed by atoms with Crippen LogP contribution in [0.4, 0.5) is 0 Å². The van der Waals surface area contributed by atoms with Gasteiger partial charge in [0.25, 0.3) is 0 Å². The zero-order valence-corrected chi connectivity index (χ0v) is 13.1. The molecule has 0 aliphatic rings. The first-order valence-corrected chi connectivity index (χ1v) is 7.03. The van der Waals surface area contributed by atoms with Crippen LogP contribution >= 0.6 is 15.9 Å². The van der Waals surface area contributed by atoms with Crippen molar-refractivity contribution in [2.75, 3.05) is 20.8 Å². The van der Waals surface area contributed by atoms with Crippen molar-refractivity contribution in [1.29, 1.82) is 0 Å². The fourth-order valence-corrected chi connectivity index (χ4v) is 2.87. The second-order valence-corrected chi connectivity index (χ2v) is 5.18. The summed E-state index contributed by atoms with van der Waals surface area (Å²) in [6, 6.07) is 2.13. The van der Waals surface area contributed by atoms with Gasteiger partial charge in [0.2, 0.25) is 0 Å². The molecule has 0 heterocycles. The van der Waals surface area contributed by atoms with E-state index in [1.165, 1.54) is 11.1 Å². The van der Waals surface area contributed by atoms with Gasteiger partial charge in [-0.3, -0.25) is 0 Å². The monoisotopic (exact) mass is 315 g/mol. The summed E-state index contributed by atoms with van der Waals surface area (Å²) >= 11 is 3.55. The van der Waals surface area contributed by atoms with Gasteiger partial charge in [0, 0.05) is 5.56 Å². The topological polar surface area (TPSA) is 44.5 Å². The highest BCUT2D eigenvalue weighted by Gasteiger charge is 2.20. The molecule has 102 valence electrons. The molecule has 1 aromatic rings. The van der Waals surface area contributed by atoms with Gasteiger partial charge >= 0.3 is 0 Å². The largest absolute Gasteiger partial charge is 0.493 e. The van der Waals surface area contributed by atoms with Crippen molar-refractivity contribution in [2.45, 2.75) is 32.6 Å². The minimum absolute atomic E-state index is 0.418. The quantitative estimate of drug-likeness (QED) is 0.874. The Labute approximate surface area is 118 Å². The van der Waals surface area contributed by atoms with Gasteiger partial charge in [-0.25, -0.2) is 0 Å². The van der Waals surface area contributed by atoms with Gasteiger partial charge in [0.05, 0.1) is 18.7 Å². The molecular weight excluding hydrogens is 294 g/mol. The first-order valence-electron chi connectivity index (χ1n) is 6.23. The summed E-state index contributed by atoms with van der Waals surface area (Å²) in [6.07, 6.45) is 1.88. The summed E-state index contributed by atoms with van der Waals surface area (Å²) in [7, 11) is 3.34. The lowest BCUT2D eigenvalue weighted by Crippen LogP contribution is -2.08. The van der Waals surface area contributed by atoms with Crippen LogP contribution in [-0.2, 0) is 6.42 Å². The number of ether oxygens (including phenoxy) is 2. The van der Waals surface area contributed by atoms with Crippen LogP contribution in [0.5, 0.6) is 11.5 Å². The van der Waals surface area contributed by atoms with Crippen molar-refractivity contribution in [3.05, 3.63) is 21.7 Å². The normalized spacial score (nSPS) is 12.3. The maximum absolute atomic E-state index is 5.66. The van der Waals surface area contributed by atoms with E-state index in [1.54, 1.807) is 14.2 Å². The van der Waals surface area contributed by atoms with Gasteiger partial charge in [-0.1, -0.05) is 13.8 Å². The third kappa shape index (κ3) is 2.98.